The zero-order valence-corrected chi connectivity index (χ0v) is 19.9. The molecular weight excluding hydrogens is 652 g/mol. The minimum atomic E-state index is -5.97. The van der Waals surface area contributed by atoms with Crippen LogP contribution in [0.5, 0.6) is 5.75 Å². The monoisotopic (exact) mass is 663 g/mol. The Morgan fingerprint density at radius 1 is 1.07 bits per heavy atom. The van der Waals surface area contributed by atoms with Crippen LogP contribution in [-0.4, -0.2) is 36.8 Å². The SMILES string of the molecule is C=Cc1ccc(C(=O)Oc2c(I)cc(C(=O)OCC(F)(F)S(=O)(=O)[O-])cc2I)cc1. The highest BCUT2D eigenvalue weighted by Crippen LogP contribution is 2.30. The molecule has 30 heavy (non-hydrogen) atoms. The minimum Gasteiger partial charge on any atom is -0.743 e. The fourth-order valence-electron chi connectivity index (χ4n) is 1.99. The van der Waals surface area contributed by atoms with E-state index >= 15 is 0 Å². The van der Waals surface area contributed by atoms with E-state index in [0.29, 0.717) is 7.14 Å². The average Bonchev–Trinajstić information content (AvgIpc) is 2.67. The molecule has 0 heterocycles. The quantitative estimate of drug-likeness (QED) is 0.190. The first-order chi connectivity index (χ1) is 13.9. The van der Waals surface area contributed by atoms with Gasteiger partial charge in [0, 0.05) is 0 Å². The zero-order chi connectivity index (χ0) is 22.7. The Kier molecular flexibility index (Phi) is 7.92. The van der Waals surface area contributed by atoms with Gasteiger partial charge in [-0.1, -0.05) is 24.8 Å². The van der Waals surface area contributed by atoms with E-state index < -0.39 is 33.9 Å². The highest BCUT2D eigenvalue weighted by Gasteiger charge is 2.39. The summed E-state index contributed by atoms with van der Waals surface area (Å²) in [6, 6.07) is 8.87. The van der Waals surface area contributed by atoms with Crippen LogP contribution in [0.2, 0.25) is 0 Å². The number of benzene rings is 2. The van der Waals surface area contributed by atoms with E-state index in [2.05, 4.69) is 11.3 Å². The lowest BCUT2D eigenvalue weighted by Gasteiger charge is -2.19. The van der Waals surface area contributed by atoms with Crippen LogP contribution in [0, 0.1) is 7.14 Å². The van der Waals surface area contributed by atoms with Gasteiger partial charge in [0.05, 0.1) is 18.3 Å². The summed E-state index contributed by atoms with van der Waals surface area (Å²) in [7, 11) is -5.97. The first-order valence-electron chi connectivity index (χ1n) is 7.80. The summed E-state index contributed by atoms with van der Waals surface area (Å²) in [6.45, 7) is 1.70. The van der Waals surface area contributed by atoms with Crippen molar-refractivity contribution < 1.29 is 40.8 Å². The predicted octanol–water partition coefficient (Wildman–Crippen LogP) is 4.05. The zero-order valence-electron chi connectivity index (χ0n) is 14.7. The van der Waals surface area contributed by atoms with Crippen LogP contribution in [0.15, 0.2) is 43.0 Å². The third-order valence-corrected chi connectivity index (χ3v) is 6.00. The van der Waals surface area contributed by atoms with E-state index in [0.717, 1.165) is 5.56 Å². The molecule has 7 nitrogen and oxygen atoms in total. The van der Waals surface area contributed by atoms with E-state index in [1.807, 2.05) is 0 Å². The van der Waals surface area contributed by atoms with Gasteiger partial charge in [0.2, 0.25) is 0 Å². The summed E-state index contributed by atoms with van der Waals surface area (Å²) in [5, 5.41) is -4.75. The molecule has 0 aromatic heterocycles. The first-order valence-corrected chi connectivity index (χ1v) is 11.4. The summed E-state index contributed by atoms with van der Waals surface area (Å²) in [4.78, 5) is 24.3. The van der Waals surface area contributed by atoms with Crippen molar-refractivity contribution in [2.45, 2.75) is 5.25 Å². The van der Waals surface area contributed by atoms with Gasteiger partial charge in [0.15, 0.2) is 22.5 Å². The molecule has 0 bridgehead atoms. The van der Waals surface area contributed by atoms with Crippen molar-refractivity contribution in [3.8, 4) is 5.75 Å². The van der Waals surface area contributed by atoms with Crippen molar-refractivity contribution in [2.24, 2.45) is 0 Å². The number of hydrogen-bond acceptors (Lipinski definition) is 7. The van der Waals surface area contributed by atoms with Crippen molar-refractivity contribution in [3.05, 3.63) is 66.8 Å². The summed E-state index contributed by atoms with van der Waals surface area (Å²) in [5.41, 5.74) is 0.892. The molecule has 2 aromatic rings. The highest BCUT2D eigenvalue weighted by molar-refractivity contribution is 14.1. The maximum atomic E-state index is 13.1. The lowest BCUT2D eigenvalue weighted by Crippen LogP contribution is -2.34. The molecule has 0 aliphatic heterocycles. The molecule has 0 saturated heterocycles. The Labute approximate surface area is 197 Å². The standard InChI is InChI=1S/C18H12F2I2O7S/c1-2-10-3-5-11(6-4-10)17(24)29-15-13(21)7-12(8-14(15)22)16(23)28-9-18(19,20)30(25,26)27/h2-8H,1,9H2,(H,25,26,27)/p-1. The van der Waals surface area contributed by atoms with E-state index in [9.17, 15) is 31.3 Å². The Bertz CT molecular complexity index is 1080. The van der Waals surface area contributed by atoms with Crippen molar-refractivity contribution in [2.75, 3.05) is 6.61 Å². The Balaban J connectivity index is 2.17. The summed E-state index contributed by atoms with van der Waals surface area (Å²) < 4.78 is 67.9. The van der Waals surface area contributed by atoms with Crippen molar-refractivity contribution in [1.82, 2.24) is 0 Å². The fraction of sp³-hybridized carbons (Fsp3) is 0.111. The predicted molar refractivity (Wildman–Crippen MR) is 118 cm³/mol. The van der Waals surface area contributed by atoms with Crippen LogP contribution in [-0.2, 0) is 14.9 Å². The second-order valence-electron chi connectivity index (χ2n) is 5.65. The van der Waals surface area contributed by atoms with Gasteiger partial charge in [-0.3, -0.25) is 0 Å². The third-order valence-electron chi connectivity index (χ3n) is 3.55. The van der Waals surface area contributed by atoms with Gasteiger partial charge in [-0.25, -0.2) is 18.0 Å². The number of halogens is 4. The van der Waals surface area contributed by atoms with Gasteiger partial charge in [-0.05, 0) is 75.0 Å². The lowest BCUT2D eigenvalue weighted by atomic mass is 10.1. The molecule has 2 aromatic carbocycles. The smallest absolute Gasteiger partial charge is 0.367 e. The van der Waals surface area contributed by atoms with Crippen LogP contribution in [0.4, 0.5) is 8.78 Å². The minimum absolute atomic E-state index is 0.137. The van der Waals surface area contributed by atoms with Crippen molar-refractivity contribution >= 4 is 73.3 Å². The summed E-state index contributed by atoms with van der Waals surface area (Å²) >= 11 is 3.54. The Morgan fingerprint density at radius 2 is 1.60 bits per heavy atom. The Morgan fingerprint density at radius 3 is 2.07 bits per heavy atom. The highest BCUT2D eigenvalue weighted by atomic mass is 127. The topological polar surface area (TPSA) is 110 Å². The fourth-order valence-corrected chi connectivity index (χ4v) is 4.18. The molecule has 0 fully saturated rings. The maximum Gasteiger partial charge on any atom is 0.367 e. The average molecular weight is 663 g/mol. The number of ether oxygens (including phenoxy) is 2. The van der Waals surface area contributed by atoms with Crippen LogP contribution >= 0.6 is 45.2 Å². The second kappa shape index (κ2) is 9.65. The van der Waals surface area contributed by atoms with Crippen LogP contribution in [0.25, 0.3) is 6.08 Å². The van der Waals surface area contributed by atoms with E-state index in [1.54, 1.807) is 75.5 Å². The molecule has 160 valence electrons. The van der Waals surface area contributed by atoms with E-state index in [4.69, 9.17) is 4.74 Å². The van der Waals surface area contributed by atoms with Gasteiger partial charge in [0.25, 0.3) is 0 Å². The lowest BCUT2D eigenvalue weighted by molar-refractivity contribution is -0.00998. The first kappa shape index (κ1) is 24.6. The maximum absolute atomic E-state index is 13.1. The molecule has 0 aliphatic carbocycles. The van der Waals surface area contributed by atoms with Crippen LogP contribution in [0.1, 0.15) is 26.3 Å². The normalized spacial score (nSPS) is 11.6. The molecule has 0 unspecified atom stereocenters. The Hall–Kier alpha value is -1.65. The molecular formula is C18H11F2I2O7S-. The molecule has 0 N–H and O–H groups in total. The molecule has 0 spiro atoms. The number of hydrogen-bond donors (Lipinski definition) is 0. The van der Waals surface area contributed by atoms with E-state index in [-0.39, 0.29) is 16.9 Å². The van der Waals surface area contributed by atoms with Crippen LogP contribution in [0.3, 0.4) is 0 Å². The molecule has 0 amide bonds. The van der Waals surface area contributed by atoms with Gasteiger partial charge in [-0.15, -0.1) is 0 Å². The van der Waals surface area contributed by atoms with Crippen molar-refractivity contribution in [1.29, 1.82) is 0 Å². The molecule has 2 rings (SSSR count). The number of carbonyl (C=O) groups is 2. The molecule has 0 radical (unpaired) electrons. The van der Waals surface area contributed by atoms with Gasteiger partial charge < -0.3 is 14.0 Å². The molecule has 0 aliphatic rings. The second-order valence-corrected chi connectivity index (χ2v) is 9.48. The van der Waals surface area contributed by atoms with Gasteiger partial charge >= 0.3 is 17.2 Å². The molecule has 0 atom stereocenters. The molecule has 12 heteroatoms. The molecule has 0 saturated carbocycles. The number of alkyl halides is 2. The largest absolute Gasteiger partial charge is 0.743 e. The summed E-state index contributed by atoms with van der Waals surface area (Å²) in [6.07, 6.45) is 1.61. The van der Waals surface area contributed by atoms with Gasteiger partial charge in [-0.2, -0.15) is 8.78 Å². The van der Waals surface area contributed by atoms with Gasteiger partial charge in [0.1, 0.15) is 0 Å². The third kappa shape index (κ3) is 5.95. The number of carbonyl (C=O) groups excluding carboxylic acids is 2. The number of esters is 2. The summed E-state index contributed by atoms with van der Waals surface area (Å²) in [5.74, 6) is -1.79. The van der Waals surface area contributed by atoms with E-state index in [1.165, 1.54) is 12.1 Å². The number of rotatable bonds is 7. The van der Waals surface area contributed by atoms with Crippen molar-refractivity contribution in [3.63, 3.8) is 0 Å². The van der Waals surface area contributed by atoms with Crippen LogP contribution < -0.4 is 4.74 Å².